The second kappa shape index (κ2) is 7.64. The van der Waals surface area contributed by atoms with Crippen LogP contribution in [-0.2, 0) is 15.7 Å². The summed E-state index contributed by atoms with van der Waals surface area (Å²) in [5.41, 5.74) is -0.417. The van der Waals surface area contributed by atoms with Crippen molar-refractivity contribution in [3.05, 3.63) is 36.0 Å². The van der Waals surface area contributed by atoms with Gasteiger partial charge in [0.05, 0.1) is 12.7 Å². The molecule has 3 heterocycles. The third kappa shape index (κ3) is 3.57. The van der Waals surface area contributed by atoms with Crippen molar-refractivity contribution in [2.45, 2.75) is 32.0 Å². The molecule has 1 aromatic heterocycles. The van der Waals surface area contributed by atoms with Crippen molar-refractivity contribution in [3.63, 3.8) is 0 Å². The van der Waals surface area contributed by atoms with Crippen molar-refractivity contribution in [2.24, 2.45) is 17.8 Å². The Bertz CT molecular complexity index is 1020. The minimum absolute atomic E-state index is 0.0286. The highest BCUT2D eigenvalue weighted by Gasteiger charge is 2.57. The fraction of sp³-hybridized carbons (Fsp3) is 0.522. The lowest BCUT2D eigenvalue weighted by molar-refractivity contribution is -0.141. The number of alkyl halides is 3. The van der Waals surface area contributed by atoms with E-state index >= 15 is 0 Å². The van der Waals surface area contributed by atoms with E-state index in [1.165, 1.54) is 7.11 Å². The van der Waals surface area contributed by atoms with E-state index in [2.05, 4.69) is 9.97 Å². The summed E-state index contributed by atoms with van der Waals surface area (Å²) in [6, 6.07) is 8.66. The molecule has 6 nitrogen and oxygen atoms in total. The number of hydrogen-bond donors (Lipinski definition) is 0. The second-order valence-corrected chi connectivity index (χ2v) is 8.94. The van der Waals surface area contributed by atoms with Crippen LogP contribution in [0.4, 0.5) is 24.9 Å². The minimum atomic E-state index is -4.61. The molecule has 0 spiro atoms. The van der Waals surface area contributed by atoms with E-state index in [4.69, 9.17) is 4.74 Å². The van der Waals surface area contributed by atoms with Gasteiger partial charge in [-0.2, -0.15) is 18.2 Å². The van der Waals surface area contributed by atoms with Crippen LogP contribution in [0.3, 0.4) is 0 Å². The molecular formula is C23H25F3N4O2. The largest absolute Gasteiger partial charge is 0.469 e. The van der Waals surface area contributed by atoms with Crippen LogP contribution in [0.2, 0.25) is 0 Å². The van der Waals surface area contributed by atoms with Crippen LogP contribution in [0.15, 0.2) is 30.3 Å². The van der Waals surface area contributed by atoms with Gasteiger partial charge in [0.25, 0.3) is 0 Å². The molecule has 5 rings (SSSR count). The van der Waals surface area contributed by atoms with Gasteiger partial charge in [0.15, 0.2) is 5.69 Å². The molecule has 1 saturated carbocycles. The third-order valence-corrected chi connectivity index (χ3v) is 7.09. The Labute approximate surface area is 184 Å². The highest BCUT2D eigenvalue weighted by Crippen LogP contribution is 2.55. The maximum absolute atomic E-state index is 14.2. The molecule has 1 aromatic carbocycles. The van der Waals surface area contributed by atoms with Crippen LogP contribution in [-0.4, -0.2) is 48.7 Å². The predicted molar refractivity (Wildman–Crippen MR) is 113 cm³/mol. The molecule has 32 heavy (non-hydrogen) atoms. The van der Waals surface area contributed by atoms with Gasteiger partial charge in [0, 0.05) is 32.1 Å². The van der Waals surface area contributed by atoms with Gasteiger partial charge in [-0.05, 0) is 36.7 Å². The van der Waals surface area contributed by atoms with Gasteiger partial charge in [-0.25, -0.2) is 4.98 Å². The second-order valence-electron chi connectivity index (χ2n) is 8.94. The number of esters is 1. The number of aromatic nitrogens is 2. The Morgan fingerprint density at radius 2 is 1.84 bits per heavy atom. The van der Waals surface area contributed by atoms with E-state index in [0.717, 1.165) is 6.42 Å². The molecule has 2 saturated heterocycles. The molecule has 3 aliphatic rings. The van der Waals surface area contributed by atoms with Crippen molar-refractivity contribution in [1.29, 1.82) is 0 Å². The highest BCUT2D eigenvalue weighted by molar-refractivity contribution is 5.80. The van der Waals surface area contributed by atoms with Crippen LogP contribution < -0.4 is 9.80 Å². The summed E-state index contributed by atoms with van der Waals surface area (Å²) in [7, 11) is 1.37. The maximum Gasteiger partial charge on any atom is 0.434 e. The van der Waals surface area contributed by atoms with Crippen molar-refractivity contribution in [3.8, 4) is 11.1 Å². The number of fused-ring (bicyclic) bond motifs is 1. The molecule has 0 radical (unpaired) electrons. The van der Waals surface area contributed by atoms with Crippen molar-refractivity contribution < 1.29 is 22.7 Å². The highest BCUT2D eigenvalue weighted by atomic mass is 19.4. The number of piperidine rings is 1. The quantitative estimate of drug-likeness (QED) is 0.647. The fourth-order valence-corrected chi connectivity index (χ4v) is 5.08. The predicted octanol–water partition coefficient (Wildman–Crippen LogP) is 4.01. The van der Waals surface area contributed by atoms with Crippen molar-refractivity contribution >= 4 is 17.7 Å². The van der Waals surface area contributed by atoms with E-state index in [-0.39, 0.29) is 41.3 Å². The first-order valence-electron chi connectivity index (χ1n) is 10.9. The Morgan fingerprint density at radius 1 is 1.16 bits per heavy atom. The number of rotatable bonds is 5. The van der Waals surface area contributed by atoms with Crippen LogP contribution >= 0.6 is 0 Å². The van der Waals surface area contributed by atoms with E-state index in [1.807, 2.05) is 16.7 Å². The van der Waals surface area contributed by atoms with Crippen LogP contribution in [0, 0.1) is 17.8 Å². The number of halogens is 3. The topological polar surface area (TPSA) is 58.6 Å². The standard InChI is InChI=1S/C23H25F3N4O2/c1-13-8-9-30(13)22-27-20(23(24,25)26)19(14-6-4-3-5-7-14)21(28-22)29-11-16-15(17(16)12-29)10-18(31)32-2/h3-7,13,15-17H,8-12H2,1-2H3/t13-,15-,16-,17+/m0/s1. The van der Waals surface area contributed by atoms with Crippen LogP contribution in [0.1, 0.15) is 25.5 Å². The zero-order chi connectivity index (χ0) is 22.6. The monoisotopic (exact) mass is 446 g/mol. The average Bonchev–Trinajstić information content (AvgIpc) is 3.19. The Morgan fingerprint density at radius 3 is 2.38 bits per heavy atom. The zero-order valence-corrected chi connectivity index (χ0v) is 18.0. The number of anilines is 2. The normalized spacial score (nSPS) is 26.5. The van der Waals surface area contributed by atoms with E-state index < -0.39 is 11.9 Å². The molecule has 3 fully saturated rings. The van der Waals surface area contributed by atoms with E-state index in [9.17, 15) is 18.0 Å². The molecule has 1 aliphatic carbocycles. The van der Waals surface area contributed by atoms with Gasteiger partial charge in [0.2, 0.25) is 5.95 Å². The SMILES string of the molecule is COC(=O)C[C@@H]1[C@H]2CN(c3nc(N4CC[C@@H]4C)nc(C(F)(F)F)c3-c3ccccc3)C[C@@H]12. The summed E-state index contributed by atoms with van der Waals surface area (Å²) in [5.74, 6) is 1.00. The van der Waals surface area contributed by atoms with Gasteiger partial charge >= 0.3 is 12.1 Å². The number of ether oxygens (including phenoxy) is 1. The lowest BCUT2D eigenvalue weighted by atomic mass is 10.0. The minimum Gasteiger partial charge on any atom is -0.469 e. The lowest BCUT2D eigenvalue weighted by Crippen LogP contribution is -2.47. The molecular weight excluding hydrogens is 421 g/mol. The lowest BCUT2D eigenvalue weighted by Gasteiger charge is -2.39. The van der Waals surface area contributed by atoms with Crippen LogP contribution in [0.5, 0.6) is 0 Å². The number of carbonyl (C=O) groups excluding carboxylic acids is 1. The summed E-state index contributed by atoms with van der Waals surface area (Å²) >= 11 is 0. The summed E-state index contributed by atoms with van der Waals surface area (Å²) in [5, 5.41) is 0. The fourth-order valence-electron chi connectivity index (χ4n) is 5.08. The number of hydrogen-bond acceptors (Lipinski definition) is 6. The Balaban J connectivity index is 1.55. The summed E-state index contributed by atoms with van der Waals surface area (Å²) in [6.07, 6.45) is -3.34. The Hall–Kier alpha value is -2.84. The molecule has 0 N–H and O–H groups in total. The maximum atomic E-state index is 14.2. The molecule has 0 unspecified atom stereocenters. The number of methoxy groups -OCH3 is 1. The van der Waals surface area contributed by atoms with E-state index in [0.29, 0.717) is 37.4 Å². The molecule has 170 valence electrons. The summed E-state index contributed by atoms with van der Waals surface area (Å²) < 4.78 is 47.4. The first-order valence-corrected chi connectivity index (χ1v) is 10.9. The van der Waals surface area contributed by atoms with Crippen molar-refractivity contribution in [1.82, 2.24) is 9.97 Å². The van der Waals surface area contributed by atoms with Crippen molar-refractivity contribution in [2.75, 3.05) is 36.5 Å². The Kier molecular flexibility index (Phi) is 5.02. The first kappa shape index (κ1) is 21.0. The molecule has 9 heteroatoms. The first-order chi connectivity index (χ1) is 15.3. The average molecular weight is 446 g/mol. The van der Waals surface area contributed by atoms with Crippen LogP contribution in [0.25, 0.3) is 11.1 Å². The molecule has 2 aromatic rings. The van der Waals surface area contributed by atoms with Gasteiger partial charge in [-0.15, -0.1) is 0 Å². The molecule has 4 atom stereocenters. The molecule has 0 bridgehead atoms. The van der Waals surface area contributed by atoms with Gasteiger partial charge in [-0.3, -0.25) is 4.79 Å². The zero-order valence-electron chi connectivity index (χ0n) is 18.0. The summed E-state index contributed by atoms with van der Waals surface area (Å²) in [4.78, 5) is 24.1. The molecule has 2 aliphatic heterocycles. The van der Waals surface area contributed by atoms with Gasteiger partial charge < -0.3 is 14.5 Å². The van der Waals surface area contributed by atoms with Gasteiger partial charge in [-0.1, -0.05) is 30.3 Å². The number of benzene rings is 1. The molecule has 0 amide bonds. The van der Waals surface area contributed by atoms with Gasteiger partial charge in [0.1, 0.15) is 5.82 Å². The number of carbonyl (C=O) groups is 1. The number of nitrogens with zero attached hydrogens (tertiary/aromatic N) is 4. The third-order valence-electron chi connectivity index (χ3n) is 7.09. The van der Waals surface area contributed by atoms with E-state index in [1.54, 1.807) is 30.3 Å². The summed E-state index contributed by atoms with van der Waals surface area (Å²) in [6.45, 7) is 3.77. The smallest absolute Gasteiger partial charge is 0.434 e.